The van der Waals surface area contributed by atoms with E-state index in [2.05, 4.69) is 37.7 Å². The maximum Gasteiger partial charge on any atom is 0.211 e. The first kappa shape index (κ1) is 25.0. The molecule has 1 aliphatic heterocycles. The highest BCUT2D eigenvalue weighted by Gasteiger charge is 2.26. The highest BCUT2D eigenvalue weighted by molar-refractivity contribution is 9.10. The zero-order valence-corrected chi connectivity index (χ0v) is 21.5. The smallest absolute Gasteiger partial charge is 0.211 e. The molecule has 0 unspecified atom stereocenters. The van der Waals surface area contributed by atoms with Crippen LogP contribution in [-0.4, -0.2) is 51.9 Å². The molecule has 2 fully saturated rings. The number of benzene rings is 1. The van der Waals surface area contributed by atoms with Crippen LogP contribution in [0, 0.1) is 11.8 Å². The summed E-state index contributed by atoms with van der Waals surface area (Å²) in [4.78, 5) is 2.63. The Kier molecular flexibility index (Phi) is 9.68. The van der Waals surface area contributed by atoms with Gasteiger partial charge in [-0.25, -0.2) is 13.1 Å². The highest BCUT2D eigenvalue weighted by atomic mass is 79.9. The van der Waals surface area contributed by atoms with E-state index in [1.165, 1.54) is 48.9 Å². The molecule has 1 saturated heterocycles. The first-order valence-corrected chi connectivity index (χ1v) is 14.4. The minimum Gasteiger partial charge on any atom is -0.497 e. The van der Waals surface area contributed by atoms with Crippen LogP contribution < -0.4 is 9.46 Å². The SMILES string of the molecule is CCCS(=O)(=O)NC1CCC(CCN2CCC(Cc3cc(OC)ccc3Br)CC2)CC1. The van der Waals surface area contributed by atoms with Crippen molar-refractivity contribution in [2.24, 2.45) is 11.8 Å². The van der Waals surface area contributed by atoms with Gasteiger partial charge in [-0.1, -0.05) is 22.9 Å². The molecule has 5 nitrogen and oxygen atoms in total. The molecule has 1 aromatic carbocycles. The predicted molar refractivity (Wildman–Crippen MR) is 131 cm³/mol. The van der Waals surface area contributed by atoms with Crippen molar-refractivity contribution in [2.45, 2.75) is 70.8 Å². The van der Waals surface area contributed by atoms with Crippen LogP contribution in [0.5, 0.6) is 5.75 Å². The Morgan fingerprint density at radius 3 is 2.45 bits per heavy atom. The van der Waals surface area contributed by atoms with Crippen molar-refractivity contribution in [1.82, 2.24) is 9.62 Å². The summed E-state index contributed by atoms with van der Waals surface area (Å²) < 4.78 is 33.4. The number of ether oxygens (including phenoxy) is 1. The van der Waals surface area contributed by atoms with Crippen molar-refractivity contribution < 1.29 is 13.2 Å². The molecule has 1 heterocycles. The average Bonchev–Trinajstić information content (AvgIpc) is 2.75. The number of hydrogen-bond acceptors (Lipinski definition) is 4. The summed E-state index contributed by atoms with van der Waals surface area (Å²) in [7, 11) is -1.36. The fraction of sp³-hybridized carbons (Fsp3) is 0.750. The number of hydrogen-bond donors (Lipinski definition) is 1. The third-order valence-electron chi connectivity index (χ3n) is 6.99. The van der Waals surface area contributed by atoms with Gasteiger partial charge in [0.1, 0.15) is 5.75 Å². The van der Waals surface area contributed by atoms with Crippen LogP contribution in [0.15, 0.2) is 22.7 Å². The number of rotatable bonds is 10. The van der Waals surface area contributed by atoms with Crippen molar-refractivity contribution in [2.75, 3.05) is 32.5 Å². The van der Waals surface area contributed by atoms with Gasteiger partial charge in [-0.2, -0.15) is 0 Å². The lowest BCUT2D eigenvalue weighted by atomic mass is 9.84. The molecular formula is C24H39BrN2O3S. The maximum atomic E-state index is 12.0. The number of halogens is 1. The molecule has 1 aliphatic carbocycles. The second kappa shape index (κ2) is 12.0. The Morgan fingerprint density at radius 2 is 1.81 bits per heavy atom. The monoisotopic (exact) mass is 514 g/mol. The standard InChI is InChI=1S/C24H39BrN2O3S/c1-3-16-31(28,29)26-22-6-4-19(5-7-22)10-13-27-14-11-20(12-15-27)17-21-18-23(30-2)8-9-24(21)25/h8-9,18-20,22,26H,3-7,10-17H2,1-2H3. The quantitative estimate of drug-likeness (QED) is 0.477. The Morgan fingerprint density at radius 1 is 1.10 bits per heavy atom. The highest BCUT2D eigenvalue weighted by Crippen LogP contribution is 2.30. The van der Waals surface area contributed by atoms with Gasteiger partial charge in [0.25, 0.3) is 0 Å². The molecule has 2 aliphatic rings. The second-order valence-electron chi connectivity index (χ2n) is 9.39. The molecule has 31 heavy (non-hydrogen) atoms. The number of sulfonamides is 1. The minimum absolute atomic E-state index is 0.152. The summed E-state index contributed by atoms with van der Waals surface area (Å²) in [5.41, 5.74) is 1.35. The van der Waals surface area contributed by atoms with E-state index in [0.29, 0.717) is 6.42 Å². The molecule has 0 radical (unpaired) electrons. The van der Waals surface area contributed by atoms with Gasteiger partial charge in [0.2, 0.25) is 10.0 Å². The zero-order chi connectivity index (χ0) is 22.3. The van der Waals surface area contributed by atoms with E-state index in [9.17, 15) is 8.42 Å². The molecule has 0 atom stereocenters. The van der Waals surface area contributed by atoms with Crippen molar-refractivity contribution >= 4 is 26.0 Å². The summed E-state index contributed by atoms with van der Waals surface area (Å²) >= 11 is 3.69. The molecule has 3 rings (SSSR count). The lowest BCUT2D eigenvalue weighted by Gasteiger charge is -2.34. The van der Waals surface area contributed by atoms with E-state index in [1.807, 2.05) is 13.0 Å². The molecule has 0 bridgehead atoms. The van der Waals surface area contributed by atoms with E-state index < -0.39 is 10.0 Å². The van der Waals surface area contributed by atoms with Gasteiger partial charge in [-0.3, -0.25) is 0 Å². The first-order valence-electron chi connectivity index (χ1n) is 11.9. The molecule has 176 valence electrons. The molecule has 0 amide bonds. The summed E-state index contributed by atoms with van der Waals surface area (Å²) in [6.07, 6.45) is 9.85. The Hall–Kier alpha value is -0.630. The molecule has 0 spiro atoms. The van der Waals surface area contributed by atoms with Crippen LogP contribution in [0.4, 0.5) is 0 Å². The van der Waals surface area contributed by atoms with E-state index >= 15 is 0 Å². The lowest BCUT2D eigenvalue weighted by molar-refractivity contribution is 0.164. The number of methoxy groups -OCH3 is 1. The van der Waals surface area contributed by atoms with Crippen molar-refractivity contribution in [3.8, 4) is 5.75 Å². The van der Waals surface area contributed by atoms with Gasteiger partial charge >= 0.3 is 0 Å². The minimum atomic E-state index is -3.08. The summed E-state index contributed by atoms with van der Waals surface area (Å²) in [5, 5.41) is 0. The van der Waals surface area contributed by atoms with Crippen LogP contribution in [0.25, 0.3) is 0 Å². The largest absolute Gasteiger partial charge is 0.497 e. The van der Waals surface area contributed by atoms with Crippen LogP contribution >= 0.6 is 15.9 Å². The van der Waals surface area contributed by atoms with Gasteiger partial charge in [-0.05, 0) is 113 Å². The molecule has 7 heteroatoms. The molecule has 1 N–H and O–H groups in total. The third kappa shape index (κ3) is 8.02. The van der Waals surface area contributed by atoms with Crippen LogP contribution in [0.2, 0.25) is 0 Å². The molecule has 0 aromatic heterocycles. The predicted octanol–water partition coefficient (Wildman–Crippen LogP) is 4.99. The van der Waals surface area contributed by atoms with E-state index in [4.69, 9.17) is 4.74 Å². The van der Waals surface area contributed by atoms with E-state index in [-0.39, 0.29) is 11.8 Å². The Bertz CT molecular complexity index is 786. The summed E-state index contributed by atoms with van der Waals surface area (Å²) in [6.45, 7) is 5.49. The van der Waals surface area contributed by atoms with Gasteiger partial charge < -0.3 is 9.64 Å². The Balaban J connectivity index is 1.34. The maximum absolute atomic E-state index is 12.0. The molecule has 1 saturated carbocycles. The average molecular weight is 516 g/mol. The lowest BCUT2D eigenvalue weighted by Crippen LogP contribution is -2.39. The number of nitrogens with one attached hydrogen (secondary N) is 1. The Labute approximate surface area is 197 Å². The van der Waals surface area contributed by atoms with Gasteiger partial charge in [-0.15, -0.1) is 0 Å². The van der Waals surface area contributed by atoms with Gasteiger partial charge in [0, 0.05) is 10.5 Å². The molecule has 1 aromatic rings. The topological polar surface area (TPSA) is 58.6 Å². The number of likely N-dealkylation sites (tertiary alicyclic amines) is 1. The van der Waals surface area contributed by atoms with Crippen molar-refractivity contribution in [1.29, 1.82) is 0 Å². The first-order chi connectivity index (χ1) is 14.9. The van der Waals surface area contributed by atoms with E-state index in [0.717, 1.165) is 49.7 Å². The van der Waals surface area contributed by atoms with Crippen LogP contribution in [-0.2, 0) is 16.4 Å². The fourth-order valence-electron chi connectivity index (χ4n) is 5.08. The number of piperidine rings is 1. The van der Waals surface area contributed by atoms with Crippen LogP contribution in [0.1, 0.15) is 63.9 Å². The second-order valence-corrected chi connectivity index (χ2v) is 12.1. The summed E-state index contributed by atoms with van der Waals surface area (Å²) in [5.74, 6) is 2.67. The van der Waals surface area contributed by atoms with Crippen molar-refractivity contribution in [3.63, 3.8) is 0 Å². The normalized spacial score (nSPS) is 23.7. The van der Waals surface area contributed by atoms with Crippen molar-refractivity contribution in [3.05, 3.63) is 28.2 Å². The van der Waals surface area contributed by atoms with Crippen LogP contribution in [0.3, 0.4) is 0 Å². The van der Waals surface area contributed by atoms with Gasteiger partial charge in [0.05, 0.1) is 12.9 Å². The summed E-state index contributed by atoms with van der Waals surface area (Å²) in [6, 6.07) is 6.41. The van der Waals surface area contributed by atoms with Gasteiger partial charge in [0.15, 0.2) is 0 Å². The zero-order valence-electron chi connectivity index (χ0n) is 19.1. The van der Waals surface area contributed by atoms with E-state index in [1.54, 1.807) is 7.11 Å². The number of nitrogens with zero attached hydrogens (tertiary/aromatic N) is 1. The molecular weight excluding hydrogens is 476 g/mol. The fourth-order valence-corrected chi connectivity index (χ4v) is 6.88. The third-order valence-corrected chi connectivity index (χ3v) is 9.40.